The van der Waals surface area contributed by atoms with E-state index in [0.717, 1.165) is 5.56 Å². The van der Waals surface area contributed by atoms with Crippen LogP contribution >= 0.6 is 0 Å². The maximum Gasteiger partial charge on any atom is 0.322 e. The molecule has 0 spiro atoms. The number of fused-ring (bicyclic) bond motifs is 3. The molecule has 0 heterocycles. The Labute approximate surface area is 207 Å². The fourth-order valence-corrected chi connectivity index (χ4v) is 4.27. The number of carbonyl (C=O) groups excluding carboxylic acids is 2. The number of benzene rings is 1. The molecular weight excluding hydrogens is 470 g/mol. The molecule has 36 heavy (non-hydrogen) atoms. The zero-order valence-corrected chi connectivity index (χ0v) is 20.5. The first-order chi connectivity index (χ1) is 17.2. The van der Waals surface area contributed by atoms with Crippen molar-refractivity contribution in [1.82, 2.24) is 10.6 Å². The second kappa shape index (κ2) is 11.4. The highest BCUT2D eigenvalue weighted by molar-refractivity contribution is 5.85. The minimum atomic E-state index is -1.17. The number of anilines is 1. The van der Waals surface area contributed by atoms with Crippen LogP contribution in [0.3, 0.4) is 0 Å². The van der Waals surface area contributed by atoms with E-state index in [1.165, 1.54) is 34.3 Å². The highest BCUT2D eigenvalue weighted by Crippen LogP contribution is 2.50. The third-order valence-corrected chi connectivity index (χ3v) is 5.79. The third-order valence-electron chi connectivity index (χ3n) is 5.79. The second-order valence-corrected chi connectivity index (χ2v) is 8.12. The Morgan fingerprint density at radius 3 is 2.36 bits per heavy atom. The fourth-order valence-electron chi connectivity index (χ4n) is 4.27. The van der Waals surface area contributed by atoms with E-state index in [0.29, 0.717) is 46.8 Å². The van der Waals surface area contributed by atoms with Crippen LogP contribution in [0.4, 0.5) is 5.69 Å². The summed E-state index contributed by atoms with van der Waals surface area (Å²) in [6.45, 7) is 0.591. The summed E-state index contributed by atoms with van der Waals surface area (Å²) in [4.78, 5) is 47.7. The van der Waals surface area contributed by atoms with Gasteiger partial charge in [-0.25, -0.2) is 0 Å². The first kappa shape index (κ1) is 26.3. The molecule has 4 N–H and O–H groups in total. The number of hydrogen-bond acceptors (Lipinski definition) is 8. The molecule has 0 fully saturated rings. The molecule has 0 bridgehead atoms. The lowest BCUT2D eigenvalue weighted by molar-refractivity contribution is -0.137. The Morgan fingerprint density at radius 1 is 1.03 bits per heavy atom. The minimum Gasteiger partial charge on any atom is -0.493 e. The average molecular weight is 500 g/mol. The smallest absolute Gasteiger partial charge is 0.322 e. The standard InChI is InChI=1S/C25H29N3O8/c1-13(29)28-17-7-5-14-9-20(34-2)24(35-3)25(36-4)23(14)15-6-8-18(19(30)10-16(15)17)26-11-21(31)27-12-22(32)33/h6,8-10,17H,5,7,11-12H2,1-4H3,(H,26,30)(H,27,31)(H,28,29)(H,32,33). The van der Waals surface area contributed by atoms with Crippen molar-refractivity contribution < 1.29 is 33.7 Å². The van der Waals surface area contributed by atoms with Crippen molar-refractivity contribution in [3.8, 4) is 28.4 Å². The minimum absolute atomic E-state index is 0.135. The lowest BCUT2D eigenvalue weighted by Gasteiger charge is -2.19. The molecule has 1 atom stereocenters. The van der Waals surface area contributed by atoms with Gasteiger partial charge in [0.05, 0.1) is 39.6 Å². The first-order valence-electron chi connectivity index (χ1n) is 11.2. The number of carboxylic acid groups (broad SMARTS) is 1. The average Bonchev–Trinajstić information content (AvgIpc) is 3.08. The number of ether oxygens (including phenoxy) is 3. The van der Waals surface area contributed by atoms with Crippen LogP contribution < -0.4 is 35.6 Å². The van der Waals surface area contributed by atoms with Crippen molar-refractivity contribution in [2.24, 2.45) is 0 Å². The predicted octanol–water partition coefficient (Wildman–Crippen LogP) is 1.48. The molecule has 11 heteroatoms. The van der Waals surface area contributed by atoms with Gasteiger partial charge in [0.1, 0.15) is 6.54 Å². The molecule has 1 aliphatic rings. The molecule has 192 valence electrons. The van der Waals surface area contributed by atoms with Crippen LogP contribution in [0.15, 0.2) is 29.1 Å². The van der Waals surface area contributed by atoms with Crippen LogP contribution in [-0.2, 0) is 20.8 Å². The maximum atomic E-state index is 13.1. The van der Waals surface area contributed by atoms with Gasteiger partial charge in [0, 0.05) is 12.5 Å². The van der Waals surface area contributed by atoms with Crippen molar-refractivity contribution >= 4 is 23.5 Å². The zero-order chi connectivity index (χ0) is 26.4. The third kappa shape index (κ3) is 5.68. The van der Waals surface area contributed by atoms with E-state index < -0.39 is 29.9 Å². The number of rotatable bonds is 9. The van der Waals surface area contributed by atoms with Gasteiger partial charge in [0.2, 0.25) is 23.0 Å². The van der Waals surface area contributed by atoms with Gasteiger partial charge in [-0.05, 0) is 47.7 Å². The van der Waals surface area contributed by atoms with Crippen LogP contribution in [0.2, 0.25) is 0 Å². The van der Waals surface area contributed by atoms with Gasteiger partial charge in [0.25, 0.3) is 0 Å². The first-order valence-corrected chi connectivity index (χ1v) is 11.2. The lowest BCUT2D eigenvalue weighted by Crippen LogP contribution is -2.34. The summed E-state index contributed by atoms with van der Waals surface area (Å²) in [5.74, 6) is -0.683. The van der Waals surface area contributed by atoms with Gasteiger partial charge in [0.15, 0.2) is 11.5 Å². The van der Waals surface area contributed by atoms with E-state index >= 15 is 0 Å². The SMILES string of the molecule is COc1cc2c(c(OC)c1OC)-c1ccc(NCC(=O)NCC(=O)O)c(=O)cc1C(NC(C)=O)CC2. The topological polar surface area (TPSA) is 152 Å². The predicted molar refractivity (Wildman–Crippen MR) is 132 cm³/mol. The molecule has 1 aliphatic carbocycles. The quantitative estimate of drug-likeness (QED) is 0.402. The highest BCUT2D eigenvalue weighted by atomic mass is 16.5. The molecule has 0 saturated heterocycles. The van der Waals surface area contributed by atoms with Crippen LogP contribution in [0.5, 0.6) is 17.2 Å². The number of carbonyl (C=O) groups is 3. The number of aryl methyl sites for hydroxylation is 1. The monoisotopic (exact) mass is 499 g/mol. The van der Waals surface area contributed by atoms with Gasteiger partial charge >= 0.3 is 5.97 Å². The number of aliphatic carboxylic acids is 1. The van der Waals surface area contributed by atoms with E-state index in [9.17, 15) is 19.2 Å². The summed E-state index contributed by atoms with van der Waals surface area (Å²) < 4.78 is 16.8. The van der Waals surface area contributed by atoms with Gasteiger partial charge in [-0.2, -0.15) is 0 Å². The van der Waals surface area contributed by atoms with Crippen LogP contribution in [0.25, 0.3) is 11.1 Å². The van der Waals surface area contributed by atoms with Crippen LogP contribution in [-0.4, -0.2) is 57.3 Å². The Hall–Kier alpha value is -4.28. The van der Waals surface area contributed by atoms with E-state index in [-0.39, 0.29) is 18.1 Å². The Balaban J connectivity index is 2.17. The van der Waals surface area contributed by atoms with Crippen molar-refractivity contribution in [2.45, 2.75) is 25.8 Å². The molecular formula is C25H29N3O8. The largest absolute Gasteiger partial charge is 0.493 e. The zero-order valence-electron chi connectivity index (χ0n) is 20.5. The Kier molecular flexibility index (Phi) is 8.36. The number of methoxy groups -OCH3 is 3. The molecule has 11 nitrogen and oxygen atoms in total. The van der Waals surface area contributed by atoms with Crippen molar-refractivity contribution in [3.05, 3.63) is 45.6 Å². The second-order valence-electron chi connectivity index (χ2n) is 8.12. The van der Waals surface area contributed by atoms with Crippen molar-refractivity contribution in [1.29, 1.82) is 0 Å². The summed E-state index contributed by atoms with van der Waals surface area (Å²) in [5.41, 5.74) is 2.57. The maximum absolute atomic E-state index is 13.1. The summed E-state index contributed by atoms with van der Waals surface area (Å²) in [7, 11) is 4.55. The number of amides is 2. The summed E-state index contributed by atoms with van der Waals surface area (Å²) in [6, 6.07) is 6.09. The normalized spacial score (nSPS) is 13.8. The van der Waals surface area contributed by atoms with Gasteiger partial charge in [-0.3, -0.25) is 19.2 Å². The molecule has 0 aromatic heterocycles. The summed E-state index contributed by atoms with van der Waals surface area (Å²) in [6.07, 6.45) is 1.08. The van der Waals surface area contributed by atoms with Crippen LogP contribution in [0, 0.1) is 0 Å². The van der Waals surface area contributed by atoms with Gasteiger partial charge in [-0.15, -0.1) is 0 Å². The summed E-state index contributed by atoms with van der Waals surface area (Å²) in [5, 5.41) is 16.6. The Bertz CT molecular complexity index is 1240. The lowest BCUT2D eigenvalue weighted by atomic mass is 9.95. The van der Waals surface area contributed by atoms with Crippen LogP contribution in [0.1, 0.15) is 30.5 Å². The van der Waals surface area contributed by atoms with E-state index in [4.69, 9.17) is 19.3 Å². The Morgan fingerprint density at radius 2 is 1.75 bits per heavy atom. The van der Waals surface area contributed by atoms with E-state index in [1.807, 2.05) is 6.07 Å². The molecule has 2 aromatic rings. The van der Waals surface area contributed by atoms with Crippen molar-refractivity contribution in [3.63, 3.8) is 0 Å². The van der Waals surface area contributed by atoms with Crippen molar-refractivity contribution in [2.75, 3.05) is 39.7 Å². The van der Waals surface area contributed by atoms with E-state index in [2.05, 4.69) is 16.0 Å². The highest BCUT2D eigenvalue weighted by Gasteiger charge is 2.29. The number of nitrogens with one attached hydrogen (secondary N) is 3. The van der Waals surface area contributed by atoms with Gasteiger partial charge < -0.3 is 35.3 Å². The molecule has 3 rings (SSSR count). The molecule has 0 saturated carbocycles. The molecule has 0 radical (unpaired) electrons. The van der Waals surface area contributed by atoms with Gasteiger partial charge in [-0.1, -0.05) is 6.07 Å². The van der Waals surface area contributed by atoms with E-state index in [1.54, 1.807) is 12.1 Å². The molecule has 2 aromatic carbocycles. The molecule has 0 aliphatic heterocycles. The molecule has 1 unspecified atom stereocenters. The fraction of sp³-hybridized carbons (Fsp3) is 0.360. The number of carboxylic acids is 1. The summed E-state index contributed by atoms with van der Waals surface area (Å²) >= 11 is 0. The molecule has 2 amide bonds. The number of hydrogen-bond donors (Lipinski definition) is 4.